The van der Waals surface area contributed by atoms with Crippen LogP contribution in [0.1, 0.15) is 16.9 Å². The number of nitrogens with one attached hydrogen (secondary N) is 2. The van der Waals surface area contributed by atoms with Gasteiger partial charge in [0.2, 0.25) is 5.95 Å². The molecule has 31 heavy (non-hydrogen) atoms. The number of methoxy groups -OCH3 is 2. The maximum atomic E-state index is 13.4. The highest BCUT2D eigenvalue weighted by Crippen LogP contribution is 2.28. The number of carbonyl (C=O) groups excluding carboxylic acids is 1. The maximum Gasteiger partial charge on any atom is 0.356 e. The summed E-state index contributed by atoms with van der Waals surface area (Å²) in [5.41, 5.74) is 2.09. The van der Waals surface area contributed by atoms with Crippen LogP contribution in [0.15, 0.2) is 42.7 Å². The molecule has 0 unspecified atom stereocenters. The zero-order chi connectivity index (χ0) is 22.2. The molecule has 0 saturated heterocycles. The van der Waals surface area contributed by atoms with Crippen molar-refractivity contribution < 1.29 is 18.7 Å². The molecular formula is C21H21ClFN5O3. The molecule has 3 aromatic rings. The summed E-state index contributed by atoms with van der Waals surface area (Å²) in [7, 11) is 2.93. The molecule has 0 spiro atoms. The second-order valence-corrected chi connectivity index (χ2v) is 6.81. The first-order valence-electron chi connectivity index (χ1n) is 9.38. The minimum atomic E-state index is -0.538. The largest absolute Gasteiger partial charge is 0.464 e. The zero-order valence-corrected chi connectivity index (χ0v) is 17.7. The highest BCUT2D eigenvalue weighted by Gasteiger charge is 2.14. The second kappa shape index (κ2) is 10.6. The highest BCUT2D eigenvalue weighted by molar-refractivity contribution is 6.31. The average molecular weight is 446 g/mol. The van der Waals surface area contributed by atoms with Crippen molar-refractivity contribution in [3.63, 3.8) is 0 Å². The number of hydrogen-bond donors (Lipinski definition) is 2. The van der Waals surface area contributed by atoms with Gasteiger partial charge in [0.25, 0.3) is 0 Å². The van der Waals surface area contributed by atoms with Crippen LogP contribution in [0.3, 0.4) is 0 Å². The number of pyridine rings is 1. The number of halogens is 2. The third-order valence-corrected chi connectivity index (χ3v) is 4.54. The van der Waals surface area contributed by atoms with Crippen LogP contribution >= 0.6 is 11.6 Å². The maximum absolute atomic E-state index is 13.4. The van der Waals surface area contributed by atoms with Crippen molar-refractivity contribution in [2.24, 2.45) is 0 Å². The number of anilines is 3. The van der Waals surface area contributed by atoms with E-state index >= 15 is 0 Å². The van der Waals surface area contributed by atoms with Gasteiger partial charge in [-0.3, -0.25) is 0 Å². The lowest BCUT2D eigenvalue weighted by Gasteiger charge is -2.14. The lowest BCUT2D eigenvalue weighted by Crippen LogP contribution is -2.10. The molecule has 0 bridgehead atoms. The van der Waals surface area contributed by atoms with Crippen LogP contribution in [0.4, 0.5) is 21.8 Å². The Morgan fingerprint density at radius 1 is 1.19 bits per heavy atom. The average Bonchev–Trinajstić information content (AvgIpc) is 2.79. The quantitative estimate of drug-likeness (QED) is 0.371. The lowest BCUT2D eigenvalue weighted by atomic mass is 10.1. The first kappa shape index (κ1) is 22.4. The molecule has 0 amide bonds. The second-order valence-electron chi connectivity index (χ2n) is 6.40. The van der Waals surface area contributed by atoms with Crippen molar-refractivity contribution in [1.29, 1.82) is 0 Å². The molecule has 0 aliphatic heterocycles. The van der Waals surface area contributed by atoms with Gasteiger partial charge in [-0.15, -0.1) is 0 Å². The van der Waals surface area contributed by atoms with Gasteiger partial charge in [0.1, 0.15) is 17.3 Å². The molecule has 0 saturated carbocycles. The van der Waals surface area contributed by atoms with Crippen molar-refractivity contribution in [2.45, 2.75) is 6.42 Å². The molecule has 0 aliphatic rings. The third-order valence-electron chi connectivity index (χ3n) is 4.25. The fraction of sp³-hybridized carbons (Fsp3) is 0.238. The van der Waals surface area contributed by atoms with Gasteiger partial charge >= 0.3 is 5.97 Å². The molecule has 10 heteroatoms. The first-order valence-corrected chi connectivity index (χ1v) is 9.76. The summed E-state index contributed by atoms with van der Waals surface area (Å²) in [4.78, 5) is 24.8. The number of ether oxygens (including phenoxy) is 2. The standard InChI is InChI=1S/C21H21ClFN5O3/c1-30-9-3-7-25-19-15(13-6-8-24-18(10-13)20(29)31-2)12-26-21(28-19)27-14-4-5-17(23)16(22)11-14/h4-6,8,10-12H,3,7,9H2,1-2H3,(H2,25,26,27,28). The predicted molar refractivity (Wildman–Crippen MR) is 116 cm³/mol. The molecule has 8 nitrogen and oxygen atoms in total. The van der Waals surface area contributed by atoms with Gasteiger partial charge in [0.05, 0.1) is 12.1 Å². The van der Waals surface area contributed by atoms with Gasteiger partial charge in [-0.25, -0.2) is 19.2 Å². The van der Waals surface area contributed by atoms with Crippen molar-refractivity contribution in [1.82, 2.24) is 15.0 Å². The third kappa shape index (κ3) is 5.87. The van der Waals surface area contributed by atoms with Gasteiger partial charge < -0.3 is 20.1 Å². The number of nitrogens with zero attached hydrogens (tertiary/aromatic N) is 3. The summed E-state index contributed by atoms with van der Waals surface area (Å²) in [6.07, 6.45) is 3.90. The van der Waals surface area contributed by atoms with Crippen LogP contribution in [0.25, 0.3) is 11.1 Å². The minimum absolute atomic E-state index is 0.00772. The van der Waals surface area contributed by atoms with E-state index in [2.05, 4.69) is 25.6 Å². The van der Waals surface area contributed by atoms with Crippen LogP contribution in [0.5, 0.6) is 0 Å². The molecule has 0 radical (unpaired) electrons. The number of benzene rings is 1. The first-order chi connectivity index (χ1) is 15.0. The fourth-order valence-electron chi connectivity index (χ4n) is 2.73. The Labute approximate surface area is 183 Å². The monoisotopic (exact) mass is 445 g/mol. The van der Waals surface area contributed by atoms with E-state index < -0.39 is 11.8 Å². The number of rotatable bonds is 9. The molecule has 0 fully saturated rings. The molecule has 0 aliphatic carbocycles. The lowest BCUT2D eigenvalue weighted by molar-refractivity contribution is 0.0594. The van der Waals surface area contributed by atoms with E-state index in [-0.39, 0.29) is 10.7 Å². The smallest absolute Gasteiger partial charge is 0.356 e. The van der Waals surface area contributed by atoms with Crippen molar-refractivity contribution >= 4 is 35.0 Å². The van der Waals surface area contributed by atoms with E-state index in [4.69, 9.17) is 21.1 Å². The van der Waals surface area contributed by atoms with Gasteiger partial charge in [-0.2, -0.15) is 4.98 Å². The number of carbonyl (C=O) groups is 1. The van der Waals surface area contributed by atoms with Crippen LogP contribution in [0, 0.1) is 5.82 Å². The number of hydrogen-bond acceptors (Lipinski definition) is 8. The number of esters is 1. The van der Waals surface area contributed by atoms with E-state index in [1.165, 1.54) is 31.5 Å². The van der Waals surface area contributed by atoms with E-state index in [1.54, 1.807) is 25.4 Å². The zero-order valence-electron chi connectivity index (χ0n) is 17.0. The summed E-state index contributed by atoms with van der Waals surface area (Å²) in [6, 6.07) is 7.60. The van der Waals surface area contributed by atoms with Crippen LogP contribution in [-0.4, -0.2) is 48.3 Å². The summed E-state index contributed by atoms with van der Waals surface area (Å²) in [5, 5.41) is 6.26. The van der Waals surface area contributed by atoms with Gasteiger partial charge in [0.15, 0.2) is 0 Å². The van der Waals surface area contributed by atoms with Crippen molar-refractivity contribution in [2.75, 3.05) is 38.0 Å². The Kier molecular flexibility index (Phi) is 7.69. The summed E-state index contributed by atoms with van der Waals surface area (Å²) in [5.74, 6) is -0.210. The van der Waals surface area contributed by atoms with Crippen molar-refractivity contribution in [3.05, 3.63) is 59.3 Å². The highest BCUT2D eigenvalue weighted by atomic mass is 35.5. The topological polar surface area (TPSA) is 98.3 Å². The van der Waals surface area contributed by atoms with Crippen LogP contribution in [0.2, 0.25) is 5.02 Å². The van der Waals surface area contributed by atoms with Gasteiger partial charge in [-0.05, 0) is 42.3 Å². The van der Waals surface area contributed by atoms with E-state index in [1.807, 2.05) is 0 Å². The summed E-state index contributed by atoms with van der Waals surface area (Å²) in [6.45, 7) is 1.20. The molecule has 3 rings (SSSR count). The molecule has 162 valence electrons. The molecular weight excluding hydrogens is 425 g/mol. The SMILES string of the molecule is COCCCNc1nc(Nc2ccc(F)c(Cl)c2)ncc1-c1ccnc(C(=O)OC)c1. The predicted octanol–water partition coefficient (Wildman–Crippen LogP) is 4.31. The Hall–Kier alpha value is -3.30. The van der Waals surface area contributed by atoms with Crippen LogP contribution < -0.4 is 10.6 Å². The van der Waals surface area contributed by atoms with Crippen LogP contribution in [-0.2, 0) is 9.47 Å². The molecule has 2 N–H and O–H groups in total. The van der Waals surface area contributed by atoms with E-state index in [9.17, 15) is 9.18 Å². The Balaban J connectivity index is 1.92. The molecule has 0 atom stereocenters. The summed E-state index contributed by atoms with van der Waals surface area (Å²) < 4.78 is 23.2. The van der Waals surface area contributed by atoms with Crippen molar-refractivity contribution in [3.8, 4) is 11.1 Å². The van der Waals surface area contributed by atoms with E-state index in [0.29, 0.717) is 41.7 Å². The minimum Gasteiger partial charge on any atom is -0.464 e. The molecule has 2 aromatic heterocycles. The Morgan fingerprint density at radius 2 is 2.03 bits per heavy atom. The number of aromatic nitrogens is 3. The Morgan fingerprint density at radius 3 is 2.77 bits per heavy atom. The fourth-order valence-corrected chi connectivity index (χ4v) is 2.91. The molecule has 2 heterocycles. The Bertz CT molecular complexity index is 1070. The van der Waals surface area contributed by atoms with Gasteiger partial charge in [-0.1, -0.05) is 11.6 Å². The van der Waals surface area contributed by atoms with Gasteiger partial charge in [0, 0.05) is 43.9 Å². The van der Waals surface area contributed by atoms with E-state index in [0.717, 1.165) is 6.42 Å². The normalized spacial score (nSPS) is 10.6. The summed E-state index contributed by atoms with van der Waals surface area (Å²) >= 11 is 5.84. The molecule has 1 aromatic carbocycles.